The van der Waals surface area contributed by atoms with E-state index >= 15 is 0 Å². The molecule has 1 aromatic carbocycles. The van der Waals surface area contributed by atoms with Crippen molar-refractivity contribution in [3.8, 4) is 0 Å². The van der Waals surface area contributed by atoms with E-state index in [1.54, 1.807) is 17.7 Å². The average molecular weight is 271 g/mol. The van der Waals surface area contributed by atoms with Crippen molar-refractivity contribution in [2.75, 3.05) is 11.9 Å². The van der Waals surface area contributed by atoms with Crippen LogP contribution in [0.15, 0.2) is 48.1 Å². The van der Waals surface area contributed by atoms with E-state index in [0.29, 0.717) is 0 Å². The minimum atomic E-state index is -0.167. The Morgan fingerprint density at radius 2 is 2.00 bits per heavy atom. The zero-order chi connectivity index (χ0) is 13.1. The van der Waals surface area contributed by atoms with Gasteiger partial charge in [-0.1, -0.05) is 30.3 Å². The highest BCUT2D eigenvalue weighted by atomic mass is 32.1. The fourth-order valence-electron chi connectivity index (χ4n) is 1.99. The number of aliphatic hydroxyl groups excluding tert-OH is 1. The standard InChI is InChI=1S/C14H13N3OS/c18-8-12(10-4-2-1-3-5-10)17-13-11-6-7-19-14(11)16-9-15-13/h1-7,9,12,18H,8H2,(H,15,16,17)/t12-/m1/s1. The van der Waals surface area contributed by atoms with Crippen molar-refractivity contribution in [2.24, 2.45) is 0 Å². The molecule has 96 valence electrons. The number of rotatable bonds is 4. The molecule has 0 spiro atoms. The summed E-state index contributed by atoms with van der Waals surface area (Å²) in [5.74, 6) is 0.758. The van der Waals surface area contributed by atoms with Gasteiger partial charge in [-0.25, -0.2) is 9.97 Å². The van der Waals surface area contributed by atoms with Gasteiger partial charge in [0.2, 0.25) is 0 Å². The molecule has 1 atom stereocenters. The summed E-state index contributed by atoms with van der Waals surface area (Å²) >= 11 is 1.58. The predicted molar refractivity (Wildman–Crippen MR) is 77.3 cm³/mol. The van der Waals surface area contributed by atoms with E-state index in [1.165, 1.54) is 0 Å². The zero-order valence-corrected chi connectivity index (χ0v) is 11.0. The van der Waals surface area contributed by atoms with Gasteiger partial charge in [0.1, 0.15) is 17.0 Å². The van der Waals surface area contributed by atoms with Crippen molar-refractivity contribution in [2.45, 2.75) is 6.04 Å². The fourth-order valence-corrected chi connectivity index (χ4v) is 2.72. The Morgan fingerprint density at radius 3 is 2.79 bits per heavy atom. The first-order valence-corrected chi connectivity index (χ1v) is 6.87. The number of hydrogen-bond donors (Lipinski definition) is 2. The van der Waals surface area contributed by atoms with E-state index in [9.17, 15) is 5.11 Å². The molecular formula is C14H13N3OS. The van der Waals surface area contributed by atoms with E-state index in [4.69, 9.17) is 0 Å². The molecule has 0 saturated heterocycles. The third kappa shape index (κ3) is 2.43. The van der Waals surface area contributed by atoms with Crippen molar-refractivity contribution in [3.63, 3.8) is 0 Å². The van der Waals surface area contributed by atoms with Gasteiger partial charge in [-0.05, 0) is 17.0 Å². The van der Waals surface area contributed by atoms with Gasteiger partial charge in [0.25, 0.3) is 0 Å². The Balaban J connectivity index is 1.93. The van der Waals surface area contributed by atoms with E-state index in [1.807, 2.05) is 41.8 Å². The van der Waals surface area contributed by atoms with Crippen LogP contribution in [0, 0.1) is 0 Å². The van der Waals surface area contributed by atoms with Gasteiger partial charge >= 0.3 is 0 Å². The van der Waals surface area contributed by atoms with Crippen LogP contribution in [0.25, 0.3) is 10.2 Å². The van der Waals surface area contributed by atoms with Crippen LogP contribution >= 0.6 is 11.3 Å². The first-order chi connectivity index (χ1) is 9.38. The lowest BCUT2D eigenvalue weighted by molar-refractivity contribution is 0.276. The molecule has 4 nitrogen and oxygen atoms in total. The normalized spacial score (nSPS) is 12.5. The molecule has 3 aromatic rings. The monoisotopic (exact) mass is 271 g/mol. The van der Waals surface area contributed by atoms with Gasteiger partial charge in [0, 0.05) is 0 Å². The Hall–Kier alpha value is -1.98. The molecule has 0 unspecified atom stereocenters. The molecule has 2 heterocycles. The van der Waals surface area contributed by atoms with Crippen molar-refractivity contribution >= 4 is 27.4 Å². The van der Waals surface area contributed by atoms with Crippen LogP contribution in [0.3, 0.4) is 0 Å². The van der Waals surface area contributed by atoms with Crippen LogP contribution in [0.2, 0.25) is 0 Å². The summed E-state index contributed by atoms with van der Waals surface area (Å²) in [7, 11) is 0. The predicted octanol–water partition coefficient (Wildman–Crippen LogP) is 2.84. The first kappa shape index (κ1) is 12.1. The quantitative estimate of drug-likeness (QED) is 0.766. The molecule has 0 aliphatic carbocycles. The van der Waals surface area contributed by atoms with E-state index < -0.39 is 0 Å². The van der Waals surface area contributed by atoms with Crippen molar-refractivity contribution in [1.29, 1.82) is 0 Å². The maximum absolute atomic E-state index is 9.56. The highest BCUT2D eigenvalue weighted by Crippen LogP contribution is 2.26. The van der Waals surface area contributed by atoms with E-state index in [2.05, 4.69) is 15.3 Å². The van der Waals surface area contributed by atoms with Gasteiger partial charge in [0.05, 0.1) is 18.0 Å². The van der Waals surface area contributed by atoms with E-state index in [0.717, 1.165) is 21.6 Å². The van der Waals surface area contributed by atoms with Gasteiger partial charge < -0.3 is 10.4 Å². The van der Waals surface area contributed by atoms with E-state index in [-0.39, 0.29) is 12.6 Å². The largest absolute Gasteiger partial charge is 0.394 e. The second-order valence-corrected chi connectivity index (χ2v) is 5.05. The number of fused-ring (bicyclic) bond motifs is 1. The van der Waals surface area contributed by atoms with Gasteiger partial charge in [0.15, 0.2) is 0 Å². The number of nitrogens with one attached hydrogen (secondary N) is 1. The third-order valence-corrected chi connectivity index (χ3v) is 3.78. The summed E-state index contributed by atoms with van der Waals surface area (Å²) in [4.78, 5) is 9.42. The molecule has 0 amide bonds. The molecule has 0 aliphatic heterocycles. The smallest absolute Gasteiger partial charge is 0.138 e. The summed E-state index contributed by atoms with van der Waals surface area (Å²) in [5, 5.41) is 15.8. The number of hydrogen-bond acceptors (Lipinski definition) is 5. The Kier molecular flexibility index (Phi) is 3.39. The summed E-state index contributed by atoms with van der Waals surface area (Å²) < 4.78 is 0. The maximum Gasteiger partial charge on any atom is 0.138 e. The van der Waals surface area contributed by atoms with Crippen LogP contribution in [0.1, 0.15) is 11.6 Å². The van der Waals surface area contributed by atoms with Gasteiger partial charge in [-0.2, -0.15) is 0 Å². The summed E-state index contributed by atoms with van der Waals surface area (Å²) in [5.41, 5.74) is 1.03. The third-order valence-electron chi connectivity index (χ3n) is 2.96. The summed E-state index contributed by atoms with van der Waals surface area (Å²) in [6, 6.07) is 11.7. The summed E-state index contributed by atoms with van der Waals surface area (Å²) in [6.45, 7) is 0.0135. The van der Waals surface area contributed by atoms with Crippen LogP contribution in [0.4, 0.5) is 5.82 Å². The molecule has 0 saturated carbocycles. The lowest BCUT2D eigenvalue weighted by atomic mass is 10.1. The molecule has 5 heteroatoms. The molecule has 0 fully saturated rings. The number of nitrogens with zero attached hydrogens (tertiary/aromatic N) is 2. The molecule has 19 heavy (non-hydrogen) atoms. The van der Waals surface area contributed by atoms with Gasteiger partial charge in [-0.15, -0.1) is 11.3 Å². The van der Waals surface area contributed by atoms with Gasteiger partial charge in [-0.3, -0.25) is 0 Å². The minimum Gasteiger partial charge on any atom is -0.394 e. The second-order valence-electron chi connectivity index (χ2n) is 4.15. The number of thiophene rings is 1. The van der Waals surface area contributed by atoms with Crippen LogP contribution in [0.5, 0.6) is 0 Å². The van der Waals surface area contributed by atoms with Crippen molar-refractivity contribution in [1.82, 2.24) is 9.97 Å². The average Bonchev–Trinajstić information content (AvgIpc) is 2.95. The Morgan fingerprint density at radius 1 is 1.16 bits per heavy atom. The summed E-state index contributed by atoms with van der Waals surface area (Å²) in [6.07, 6.45) is 1.54. The minimum absolute atomic E-state index is 0.0135. The molecule has 0 radical (unpaired) electrons. The fraction of sp³-hybridized carbons (Fsp3) is 0.143. The molecule has 0 bridgehead atoms. The molecule has 2 N–H and O–H groups in total. The molecular weight excluding hydrogens is 258 g/mol. The first-order valence-electron chi connectivity index (χ1n) is 5.99. The number of benzene rings is 1. The molecule has 2 aromatic heterocycles. The Bertz CT molecular complexity index is 669. The SMILES string of the molecule is OC[C@@H](Nc1ncnc2sccc12)c1ccccc1. The van der Waals surface area contributed by atoms with Crippen LogP contribution in [-0.4, -0.2) is 21.7 Å². The molecule has 3 rings (SSSR count). The number of aromatic nitrogens is 2. The van der Waals surface area contributed by atoms with Crippen molar-refractivity contribution in [3.05, 3.63) is 53.7 Å². The highest BCUT2D eigenvalue weighted by molar-refractivity contribution is 7.16. The van der Waals surface area contributed by atoms with Crippen LogP contribution < -0.4 is 5.32 Å². The zero-order valence-electron chi connectivity index (χ0n) is 10.2. The topological polar surface area (TPSA) is 58.0 Å². The lowest BCUT2D eigenvalue weighted by Gasteiger charge is -2.17. The van der Waals surface area contributed by atoms with Crippen molar-refractivity contribution < 1.29 is 5.11 Å². The second kappa shape index (κ2) is 5.34. The highest BCUT2D eigenvalue weighted by Gasteiger charge is 2.12. The number of aliphatic hydroxyl groups is 1. The maximum atomic E-state index is 9.56. The van der Waals surface area contributed by atoms with Crippen LogP contribution in [-0.2, 0) is 0 Å². The Labute approximate surface area is 114 Å². The molecule has 0 aliphatic rings. The number of anilines is 1. The lowest BCUT2D eigenvalue weighted by Crippen LogP contribution is -2.15.